The van der Waals surface area contributed by atoms with Gasteiger partial charge in [0.05, 0.1) is 44.7 Å². The van der Waals surface area contributed by atoms with Gasteiger partial charge in [-0.3, -0.25) is 9.59 Å². The molecular weight excluding hydrogens is 738 g/mol. The normalized spacial score (nSPS) is 47.0. The number of nitrogens with one attached hydrogen (secondary N) is 1. The summed E-state index contributed by atoms with van der Waals surface area (Å²) in [5, 5.41) is 128. The van der Waals surface area contributed by atoms with Gasteiger partial charge in [-0.2, -0.15) is 0 Å². The van der Waals surface area contributed by atoms with Crippen LogP contribution >= 0.6 is 0 Å². The summed E-state index contributed by atoms with van der Waals surface area (Å²) in [6.45, 7) is 0.572. The van der Waals surface area contributed by atoms with Gasteiger partial charge in [-0.05, 0) is 6.92 Å². The van der Waals surface area contributed by atoms with Crippen LogP contribution in [0.1, 0.15) is 20.8 Å². The van der Waals surface area contributed by atoms with Crippen molar-refractivity contribution in [1.29, 1.82) is 0 Å². The van der Waals surface area contributed by atoms with Crippen LogP contribution in [0.4, 0.5) is 0 Å². The summed E-state index contributed by atoms with van der Waals surface area (Å²) in [5.41, 5.74) is 0. The van der Waals surface area contributed by atoms with Crippen molar-refractivity contribution in [3.8, 4) is 0 Å². The van der Waals surface area contributed by atoms with Crippen LogP contribution in [-0.4, -0.2) is 229 Å². The number of aliphatic hydroxyl groups excluding tert-OH is 12. The highest BCUT2D eigenvalue weighted by atomic mass is 16.8. The second-order valence-electron chi connectivity index (χ2n) is 13.8. The lowest BCUT2D eigenvalue weighted by atomic mass is 9.86. The highest BCUT2D eigenvalue weighted by Gasteiger charge is 2.56. The molecule has 54 heavy (non-hydrogen) atoms. The number of ether oxygens (including phenoxy) is 8. The average molecular weight is 792 g/mol. The molecule has 1 amide bonds. The van der Waals surface area contributed by atoms with Gasteiger partial charge in [0.25, 0.3) is 6.47 Å². The maximum atomic E-state index is 12.2. The molecule has 4 rings (SSSR count). The smallest absolute Gasteiger partial charge is 0.295 e. The van der Waals surface area contributed by atoms with Crippen LogP contribution in [0.2, 0.25) is 0 Å². The van der Waals surface area contributed by atoms with Gasteiger partial charge >= 0.3 is 0 Å². The SMILES string of the molecule is CC(=O)NC1C(O[C@H]2C(C)OC(CO)[C@@H](O)C2O)OC(CO)[C@@H](OC2OC(CO)[C@H](O)C(O[C@@H]3C(OC=O)OC(C(O)C(O)CO)[C@H](C)C3O)[C@@H]2O)C1O. The summed E-state index contributed by atoms with van der Waals surface area (Å²) in [5.74, 6) is -1.79. The van der Waals surface area contributed by atoms with Crippen LogP contribution in [0, 0.1) is 5.92 Å². The second-order valence-corrected chi connectivity index (χ2v) is 13.8. The molecule has 4 saturated heterocycles. The fourth-order valence-electron chi connectivity index (χ4n) is 7.06. The van der Waals surface area contributed by atoms with E-state index in [1.807, 2.05) is 0 Å². The van der Waals surface area contributed by atoms with Crippen molar-refractivity contribution < 1.29 is 109 Å². The zero-order valence-electron chi connectivity index (χ0n) is 29.6. The van der Waals surface area contributed by atoms with E-state index in [1.165, 1.54) is 13.8 Å². The van der Waals surface area contributed by atoms with Crippen molar-refractivity contribution in [2.45, 2.75) is 149 Å². The number of rotatable bonds is 15. The summed E-state index contributed by atoms with van der Waals surface area (Å²) in [6.07, 6.45) is -32.6. The Labute approximate surface area is 308 Å². The first-order chi connectivity index (χ1) is 25.5. The molecule has 4 aliphatic rings. The van der Waals surface area contributed by atoms with Gasteiger partial charge in [0.15, 0.2) is 12.6 Å². The Bertz CT molecular complexity index is 1190. The van der Waals surface area contributed by atoms with Gasteiger partial charge in [0.2, 0.25) is 12.2 Å². The van der Waals surface area contributed by atoms with E-state index in [0.29, 0.717) is 0 Å². The molecule has 314 valence electrons. The van der Waals surface area contributed by atoms with Crippen molar-refractivity contribution in [2.24, 2.45) is 5.92 Å². The van der Waals surface area contributed by atoms with Crippen LogP contribution in [-0.2, 0) is 47.5 Å². The van der Waals surface area contributed by atoms with E-state index in [4.69, 9.17) is 37.9 Å². The van der Waals surface area contributed by atoms with Crippen LogP contribution in [0.25, 0.3) is 0 Å². The van der Waals surface area contributed by atoms with E-state index in [-0.39, 0.29) is 6.47 Å². The number of hydrogen-bond donors (Lipinski definition) is 13. The highest BCUT2D eigenvalue weighted by molar-refractivity contribution is 5.73. The first-order valence-corrected chi connectivity index (χ1v) is 17.4. The predicted molar refractivity (Wildman–Crippen MR) is 169 cm³/mol. The Kier molecular flexibility index (Phi) is 16.3. The van der Waals surface area contributed by atoms with Crippen LogP contribution in [0.15, 0.2) is 0 Å². The first kappa shape index (κ1) is 44.9. The van der Waals surface area contributed by atoms with E-state index >= 15 is 0 Å². The largest absolute Gasteiger partial charge is 0.435 e. The minimum absolute atomic E-state index is 0.0759. The Balaban J connectivity index is 1.56. The molecule has 0 bridgehead atoms. The third kappa shape index (κ3) is 9.47. The highest BCUT2D eigenvalue weighted by Crippen LogP contribution is 2.36. The van der Waals surface area contributed by atoms with Crippen molar-refractivity contribution >= 4 is 12.4 Å². The number of amides is 1. The molecule has 4 aliphatic heterocycles. The molecule has 15 unspecified atom stereocenters. The lowest BCUT2D eigenvalue weighted by molar-refractivity contribution is -0.372. The van der Waals surface area contributed by atoms with Gasteiger partial charge in [-0.15, -0.1) is 0 Å². The summed E-state index contributed by atoms with van der Waals surface area (Å²) in [7, 11) is 0. The Hall–Kier alpha value is -1.82. The van der Waals surface area contributed by atoms with Crippen molar-refractivity contribution in [1.82, 2.24) is 5.32 Å². The quantitative estimate of drug-likeness (QED) is 0.0685. The van der Waals surface area contributed by atoms with Crippen molar-refractivity contribution in [3.05, 3.63) is 0 Å². The van der Waals surface area contributed by atoms with Crippen LogP contribution < -0.4 is 5.32 Å². The fourth-order valence-corrected chi connectivity index (χ4v) is 7.06. The summed E-state index contributed by atoms with van der Waals surface area (Å²) >= 11 is 0. The van der Waals surface area contributed by atoms with E-state index in [1.54, 1.807) is 0 Å². The van der Waals surface area contributed by atoms with E-state index in [2.05, 4.69) is 5.32 Å². The van der Waals surface area contributed by atoms with Crippen molar-refractivity contribution in [2.75, 3.05) is 26.4 Å². The number of carbonyl (C=O) groups is 2. The molecule has 0 spiro atoms. The first-order valence-electron chi connectivity index (χ1n) is 17.4. The lowest BCUT2D eigenvalue weighted by Crippen LogP contribution is -2.69. The minimum Gasteiger partial charge on any atom is -0.435 e. The Morgan fingerprint density at radius 3 is 1.83 bits per heavy atom. The summed E-state index contributed by atoms with van der Waals surface area (Å²) in [6, 6.07) is -1.51. The lowest BCUT2D eigenvalue weighted by Gasteiger charge is -2.50. The Morgan fingerprint density at radius 2 is 1.26 bits per heavy atom. The molecule has 0 radical (unpaired) electrons. The third-order valence-corrected chi connectivity index (χ3v) is 10.1. The van der Waals surface area contributed by atoms with Crippen LogP contribution in [0.3, 0.4) is 0 Å². The molecular formula is C31H53NO22. The third-order valence-electron chi connectivity index (χ3n) is 10.1. The summed E-state index contributed by atoms with van der Waals surface area (Å²) in [4.78, 5) is 23.6. The zero-order chi connectivity index (χ0) is 40.2. The molecule has 13 N–H and O–H groups in total. The fraction of sp³-hybridized carbons (Fsp3) is 0.935. The number of aliphatic hydroxyl groups is 12. The van der Waals surface area contributed by atoms with Gasteiger partial charge in [0.1, 0.15) is 91.5 Å². The molecule has 22 atom stereocenters. The maximum Gasteiger partial charge on any atom is 0.295 e. The van der Waals surface area contributed by atoms with E-state index < -0.39 is 167 Å². The van der Waals surface area contributed by atoms with Gasteiger partial charge in [-0.25, -0.2) is 0 Å². The molecule has 4 fully saturated rings. The van der Waals surface area contributed by atoms with E-state index in [9.17, 15) is 70.9 Å². The molecule has 0 aromatic heterocycles. The zero-order valence-corrected chi connectivity index (χ0v) is 29.6. The minimum atomic E-state index is -2.04. The van der Waals surface area contributed by atoms with Gasteiger partial charge in [-0.1, -0.05) is 6.92 Å². The van der Waals surface area contributed by atoms with Gasteiger partial charge in [0, 0.05) is 12.8 Å². The molecule has 23 heteroatoms. The number of carbonyl (C=O) groups excluding carboxylic acids is 2. The second kappa shape index (κ2) is 19.6. The molecule has 0 saturated carbocycles. The predicted octanol–water partition coefficient (Wildman–Crippen LogP) is -8.36. The van der Waals surface area contributed by atoms with Crippen LogP contribution in [0.5, 0.6) is 0 Å². The topological polar surface area (TPSA) is 363 Å². The molecule has 0 aliphatic carbocycles. The molecule has 0 aromatic rings. The standard InChI is InChI=1S/C31H53NO22/c1-9-17(40)28(31(47-8-37)52-24(9)18(41)12(39)4-33)51-27-20(43)14(6-35)49-30(23(27)46)54-26-15(7-36)50-29(16(21(26)44)32-11(3)38)53-25-10(2)48-13(5-34)19(42)22(25)45/h8-10,12-31,33-36,39-46H,4-7H2,1-3H3,(H,32,38)/t9-,10?,12?,13?,14?,15?,16?,17?,18?,19-,20+,21?,22?,23+,24?,25+,26-,27?,28+,29?,30?,31?/m1/s1. The van der Waals surface area contributed by atoms with E-state index in [0.717, 1.165) is 6.92 Å². The maximum absolute atomic E-state index is 12.2. The van der Waals surface area contributed by atoms with Gasteiger partial charge < -0.3 is 104 Å². The molecule has 23 nitrogen and oxygen atoms in total. The summed E-state index contributed by atoms with van der Waals surface area (Å²) < 4.78 is 45.1. The number of hydrogen-bond acceptors (Lipinski definition) is 22. The molecule has 4 heterocycles. The van der Waals surface area contributed by atoms with Crippen molar-refractivity contribution in [3.63, 3.8) is 0 Å². The monoisotopic (exact) mass is 791 g/mol. The average Bonchev–Trinajstić information content (AvgIpc) is 3.14. The Morgan fingerprint density at radius 1 is 0.667 bits per heavy atom. The molecule has 0 aromatic carbocycles.